The van der Waals surface area contributed by atoms with Gasteiger partial charge in [-0.25, -0.2) is 18.1 Å². The van der Waals surface area contributed by atoms with E-state index in [0.29, 0.717) is 13.1 Å². The minimum absolute atomic E-state index is 0. The second-order valence-electron chi connectivity index (χ2n) is 7.77. The van der Waals surface area contributed by atoms with E-state index in [0.717, 1.165) is 58.9 Å². The van der Waals surface area contributed by atoms with Crippen molar-refractivity contribution in [3.63, 3.8) is 0 Å². The third-order valence-electron chi connectivity index (χ3n) is 5.44. The van der Waals surface area contributed by atoms with Gasteiger partial charge >= 0.3 is 0 Å². The number of sulfonamides is 1. The summed E-state index contributed by atoms with van der Waals surface area (Å²) >= 11 is 0. The number of nitrogens with two attached hydrogens (primary N) is 1. The highest BCUT2D eigenvalue weighted by molar-refractivity contribution is 7.89. The first-order chi connectivity index (χ1) is 15.6. The predicted molar refractivity (Wildman–Crippen MR) is 146 cm³/mol. The summed E-state index contributed by atoms with van der Waals surface area (Å²) < 4.78 is 27.8. The number of hydrogen-bond donors (Lipinski definition) is 3. The fourth-order valence-electron chi connectivity index (χ4n) is 3.75. The van der Waals surface area contributed by atoms with Crippen molar-refractivity contribution in [2.75, 3.05) is 18.4 Å². The van der Waals surface area contributed by atoms with Gasteiger partial charge in [0.15, 0.2) is 0 Å². The lowest BCUT2D eigenvalue weighted by Gasteiger charge is -2.14. The quantitative estimate of drug-likeness (QED) is 0.182. The van der Waals surface area contributed by atoms with Crippen LogP contribution in [0.1, 0.15) is 25.7 Å². The number of pyridine rings is 1. The maximum atomic E-state index is 12.6. The number of unbranched alkanes of at least 4 members (excludes halogenated alkanes) is 3. The molecule has 0 bridgehead atoms. The molecule has 0 aliphatic heterocycles. The van der Waals surface area contributed by atoms with Crippen LogP contribution in [-0.2, 0) is 10.0 Å². The molecule has 0 unspecified atom stereocenters. The molecule has 6 nitrogen and oxygen atoms in total. The van der Waals surface area contributed by atoms with E-state index in [1.807, 2.05) is 48.5 Å². The molecular formula is C25H30Cl2N4O2S. The molecule has 34 heavy (non-hydrogen) atoms. The predicted octanol–water partition coefficient (Wildman–Crippen LogP) is 5.77. The smallest absolute Gasteiger partial charge is 0.240 e. The molecular weight excluding hydrogens is 491 g/mol. The number of nitrogens with one attached hydrogen (secondary N) is 2. The fourth-order valence-corrected chi connectivity index (χ4v) is 4.82. The summed E-state index contributed by atoms with van der Waals surface area (Å²) in [5.41, 5.74) is 9.06. The average molecular weight is 522 g/mol. The van der Waals surface area contributed by atoms with Gasteiger partial charge < -0.3 is 11.1 Å². The number of para-hydroxylation sites is 2. The number of aromatic nitrogens is 1. The molecule has 4 rings (SSSR count). The maximum Gasteiger partial charge on any atom is 0.240 e. The minimum atomic E-state index is -3.52. The molecule has 0 radical (unpaired) electrons. The molecule has 0 aliphatic rings. The maximum absolute atomic E-state index is 12.6. The molecule has 0 amide bonds. The number of fused-ring (bicyclic) bond motifs is 2. The number of halogens is 2. The SMILES string of the molecule is Cl.Cl.NCCCCCCNS(=O)(=O)c1ccc(Nc2c3ccccc3nc3ccccc23)cc1. The molecule has 3 aromatic carbocycles. The van der Waals surface area contributed by atoms with Crippen LogP contribution >= 0.6 is 24.8 Å². The van der Waals surface area contributed by atoms with Crippen LogP contribution in [0, 0.1) is 0 Å². The second kappa shape index (κ2) is 12.9. The molecule has 9 heteroatoms. The highest BCUT2D eigenvalue weighted by atomic mass is 35.5. The lowest BCUT2D eigenvalue weighted by molar-refractivity contribution is 0.572. The van der Waals surface area contributed by atoms with Gasteiger partial charge in [-0.3, -0.25) is 0 Å². The highest BCUT2D eigenvalue weighted by Crippen LogP contribution is 2.33. The molecule has 0 spiro atoms. The third kappa shape index (κ3) is 6.58. The summed E-state index contributed by atoms with van der Waals surface area (Å²) in [5.74, 6) is 0. The molecule has 0 atom stereocenters. The van der Waals surface area contributed by atoms with Crippen LogP contribution in [-0.4, -0.2) is 26.5 Å². The van der Waals surface area contributed by atoms with Crippen molar-refractivity contribution < 1.29 is 8.42 Å². The van der Waals surface area contributed by atoms with E-state index in [-0.39, 0.29) is 29.7 Å². The van der Waals surface area contributed by atoms with Crippen molar-refractivity contribution in [3.8, 4) is 0 Å². The average Bonchev–Trinajstić information content (AvgIpc) is 2.81. The van der Waals surface area contributed by atoms with Crippen LogP contribution in [0.3, 0.4) is 0 Å². The molecule has 0 saturated heterocycles. The third-order valence-corrected chi connectivity index (χ3v) is 6.92. The molecule has 1 aromatic heterocycles. The summed E-state index contributed by atoms with van der Waals surface area (Å²) in [6.07, 6.45) is 3.78. The second-order valence-corrected chi connectivity index (χ2v) is 9.54. The van der Waals surface area contributed by atoms with Gasteiger partial charge in [-0.15, -0.1) is 24.8 Å². The summed E-state index contributed by atoms with van der Waals surface area (Å²) in [4.78, 5) is 5.00. The number of hydrogen-bond acceptors (Lipinski definition) is 5. The molecule has 0 fully saturated rings. The van der Waals surface area contributed by atoms with Crippen molar-refractivity contribution >= 4 is 68.0 Å². The van der Waals surface area contributed by atoms with Gasteiger partial charge in [-0.05, 0) is 55.8 Å². The van der Waals surface area contributed by atoms with E-state index < -0.39 is 10.0 Å². The minimum Gasteiger partial charge on any atom is -0.354 e. The summed E-state index contributed by atoms with van der Waals surface area (Å²) in [7, 11) is -3.52. The highest BCUT2D eigenvalue weighted by Gasteiger charge is 2.14. The standard InChI is InChI=1S/C25H28N4O2S.2ClH/c26-17-7-1-2-8-18-27-32(30,31)20-15-13-19(14-16-20)28-25-21-9-3-5-11-23(21)29-24-12-6-4-10-22(24)25;;/h3-6,9-16,27H,1-2,7-8,17-18,26H2,(H,28,29);2*1H. The molecule has 0 aliphatic carbocycles. The Kier molecular flexibility index (Phi) is 10.5. The van der Waals surface area contributed by atoms with Gasteiger partial charge in [0.1, 0.15) is 0 Å². The Labute approximate surface area is 213 Å². The first-order valence-electron chi connectivity index (χ1n) is 10.9. The Bertz CT molecular complexity index is 1260. The van der Waals surface area contributed by atoms with Crippen LogP contribution < -0.4 is 15.8 Å². The van der Waals surface area contributed by atoms with Crippen LogP contribution in [0.4, 0.5) is 11.4 Å². The van der Waals surface area contributed by atoms with E-state index >= 15 is 0 Å². The largest absolute Gasteiger partial charge is 0.354 e. The Morgan fingerprint density at radius 1 is 0.735 bits per heavy atom. The lowest BCUT2D eigenvalue weighted by Crippen LogP contribution is -2.24. The van der Waals surface area contributed by atoms with Crippen molar-refractivity contribution in [2.24, 2.45) is 5.73 Å². The van der Waals surface area contributed by atoms with Crippen LogP contribution in [0.25, 0.3) is 21.8 Å². The van der Waals surface area contributed by atoms with E-state index in [9.17, 15) is 8.42 Å². The zero-order chi connectivity index (χ0) is 22.4. The Morgan fingerprint density at radius 2 is 1.29 bits per heavy atom. The molecule has 1 heterocycles. The monoisotopic (exact) mass is 520 g/mol. The Balaban J connectivity index is 0.00000204. The van der Waals surface area contributed by atoms with E-state index in [1.54, 1.807) is 24.3 Å². The van der Waals surface area contributed by atoms with Gasteiger partial charge in [-0.1, -0.05) is 49.2 Å². The van der Waals surface area contributed by atoms with Gasteiger partial charge in [0, 0.05) is 23.0 Å². The van der Waals surface area contributed by atoms with E-state index in [4.69, 9.17) is 10.7 Å². The Hall–Kier alpha value is -2.42. The summed E-state index contributed by atoms with van der Waals surface area (Å²) in [5, 5.41) is 5.50. The van der Waals surface area contributed by atoms with Gasteiger partial charge in [0.2, 0.25) is 10.0 Å². The molecule has 4 N–H and O–H groups in total. The summed E-state index contributed by atoms with van der Waals surface area (Å²) in [6, 6.07) is 22.8. The molecule has 0 saturated carbocycles. The van der Waals surface area contributed by atoms with E-state index in [2.05, 4.69) is 10.0 Å². The zero-order valence-corrected chi connectivity index (χ0v) is 21.2. The van der Waals surface area contributed by atoms with Crippen molar-refractivity contribution in [1.82, 2.24) is 9.71 Å². The molecule has 4 aromatic rings. The van der Waals surface area contributed by atoms with Crippen LogP contribution in [0.5, 0.6) is 0 Å². The zero-order valence-electron chi connectivity index (χ0n) is 18.7. The van der Waals surface area contributed by atoms with Gasteiger partial charge in [-0.2, -0.15) is 0 Å². The van der Waals surface area contributed by atoms with Crippen molar-refractivity contribution in [2.45, 2.75) is 30.6 Å². The van der Waals surface area contributed by atoms with Crippen LogP contribution in [0.2, 0.25) is 0 Å². The van der Waals surface area contributed by atoms with E-state index in [1.165, 1.54) is 0 Å². The lowest BCUT2D eigenvalue weighted by atomic mass is 10.1. The number of rotatable bonds is 10. The summed E-state index contributed by atoms with van der Waals surface area (Å²) in [6.45, 7) is 1.11. The normalized spacial score (nSPS) is 11.1. The van der Waals surface area contributed by atoms with Crippen molar-refractivity contribution in [3.05, 3.63) is 72.8 Å². The molecule has 182 valence electrons. The van der Waals surface area contributed by atoms with Crippen LogP contribution in [0.15, 0.2) is 77.7 Å². The first-order valence-corrected chi connectivity index (χ1v) is 12.4. The number of nitrogens with zero attached hydrogens (tertiary/aromatic N) is 1. The topological polar surface area (TPSA) is 97.1 Å². The number of anilines is 2. The van der Waals surface area contributed by atoms with Gasteiger partial charge in [0.05, 0.1) is 21.6 Å². The van der Waals surface area contributed by atoms with Gasteiger partial charge in [0.25, 0.3) is 0 Å². The first kappa shape index (κ1) is 27.8. The number of benzene rings is 3. The van der Waals surface area contributed by atoms with Crippen molar-refractivity contribution in [1.29, 1.82) is 0 Å². The fraction of sp³-hybridized carbons (Fsp3) is 0.240. The Morgan fingerprint density at radius 3 is 1.88 bits per heavy atom.